The molecule has 280 valence electrons. The van der Waals surface area contributed by atoms with E-state index in [1.54, 1.807) is 0 Å². The first-order chi connectivity index (χ1) is 28.9. The average molecular weight is 760 g/mol. The van der Waals surface area contributed by atoms with Gasteiger partial charge in [-0.2, -0.15) is 0 Å². The van der Waals surface area contributed by atoms with Crippen molar-refractivity contribution in [3.63, 3.8) is 0 Å². The number of pyridine rings is 3. The van der Waals surface area contributed by atoms with Gasteiger partial charge in [0.1, 0.15) is 22.8 Å². The van der Waals surface area contributed by atoms with E-state index in [0.717, 1.165) is 88.2 Å². The van der Waals surface area contributed by atoms with Gasteiger partial charge in [0.25, 0.3) is 0 Å². The van der Waals surface area contributed by atoms with Gasteiger partial charge in [-0.05, 0) is 162 Å². The standard InChI is InChI=1S/C53H37N5O/c1-30-11-9-12-31(2)50(30)39-27-38-36-21-19-34(59-35-20-22-37-42(26-35)52-55-44-15-5-7-17-47(44)57(52)46-23-24-54-29-43(37)46)25-41(36)53-56-45-16-6-8-18-48(45)58(53)49(38)28-40(39)51-32(3)13-10-14-33(51)4/h5-29H,1-4H3. The molecule has 6 heteroatoms. The first-order valence-corrected chi connectivity index (χ1v) is 20.1. The summed E-state index contributed by atoms with van der Waals surface area (Å²) in [5, 5.41) is 6.47. The summed E-state index contributed by atoms with van der Waals surface area (Å²) < 4.78 is 11.4. The van der Waals surface area contributed by atoms with Crippen molar-refractivity contribution in [2.75, 3.05) is 0 Å². The molecule has 6 nitrogen and oxygen atoms in total. The highest BCUT2D eigenvalue weighted by molar-refractivity contribution is 6.17. The van der Waals surface area contributed by atoms with Crippen molar-refractivity contribution < 1.29 is 4.74 Å². The molecule has 0 aliphatic carbocycles. The maximum absolute atomic E-state index is 6.80. The third kappa shape index (κ3) is 4.90. The van der Waals surface area contributed by atoms with Gasteiger partial charge in [0.05, 0.1) is 33.1 Å². The van der Waals surface area contributed by atoms with E-state index in [0.29, 0.717) is 0 Å². The van der Waals surface area contributed by atoms with Crippen LogP contribution in [0, 0.1) is 27.7 Å². The fourth-order valence-corrected chi connectivity index (χ4v) is 9.72. The number of hydrogen-bond donors (Lipinski definition) is 0. The number of benzene rings is 7. The molecule has 0 radical (unpaired) electrons. The van der Waals surface area contributed by atoms with Gasteiger partial charge in [-0.3, -0.25) is 13.8 Å². The number of aryl methyl sites for hydroxylation is 4. The molecule has 0 atom stereocenters. The molecule has 5 heterocycles. The highest BCUT2D eigenvalue weighted by Gasteiger charge is 2.22. The van der Waals surface area contributed by atoms with Crippen LogP contribution in [0.4, 0.5) is 0 Å². The SMILES string of the molecule is Cc1cccc(C)c1-c1cc2c3ccc(Oc4ccc5c6cnccc6n6c7ccccc7nc6c5c4)cc3c3nc4ccccc4n3c2cc1-c1c(C)cccc1C. The maximum atomic E-state index is 6.80. The molecule has 12 aromatic rings. The molecule has 0 saturated heterocycles. The number of aromatic nitrogens is 5. The smallest absolute Gasteiger partial charge is 0.146 e. The predicted molar refractivity (Wildman–Crippen MR) is 243 cm³/mol. The second kappa shape index (κ2) is 12.5. The molecule has 0 unspecified atom stereocenters. The summed E-state index contributed by atoms with van der Waals surface area (Å²) in [6.45, 7) is 8.89. The molecule has 59 heavy (non-hydrogen) atoms. The van der Waals surface area contributed by atoms with Crippen LogP contribution >= 0.6 is 0 Å². The molecule has 0 saturated carbocycles. The number of para-hydroxylation sites is 4. The lowest BCUT2D eigenvalue weighted by molar-refractivity contribution is 0.484. The van der Waals surface area contributed by atoms with E-state index in [9.17, 15) is 0 Å². The minimum absolute atomic E-state index is 0.731. The number of imidazole rings is 2. The van der Waals surface area contributed by atoms with Gasteiger partial charge in [-0.15, -0.1) is 0 Å². The predicted octanol–water partition coefficient (Wildman–Crippen LogP) is 13.7. The van der Waals surface area contributed by atoms with Crippen LogP contribution < -0.4 is 4.74 Å². The fourth-order valence-electron chi connectivity index (χ4n) is 9.72. The zero-order valence-corrected chi connectivity index (χ0v) is 33.1. The van der Waals surface area contributed by atoms with E-state index in [-0.39, 0.29) is 0 Å². The monoisotopic (exact) mass is 759 g/mol. The minimum atomic E-state index is 0.731. The second-order valence-electron chi connectivity index (χ2n) is 15.9. The van der Waals surface area contributed by atoms with E-state index in [1.807, 2.05) is 24.5 Å². The zero-order valence-electron chi connectivity index (χ0n) is 33.1. The molecule has 0 bridgehead atoms. The third-order valence-corrected chi connectivity index (χ3v) is 12.3. The van der Waals surface area contributed by atoms with Gasteiger partial charge >= 0.3 is 0 Å². The van der Waals surface area contributed by atoms with Gasteiger partial charge in [-0.25, -0.2) is 9.97 Å². The Bertz CT molecular complexity index is 3720. The molecule has 0 spiro atoms. The van der Waals surface area contributed by atoms with Crippen LogP contribution in [0.1, 0.15) is 22.3 Å². The first kappa shape index (κ1) is 33.6. The Morgan fingerprint density at radius 1 is 0.407 bits per heavy atom. The lowest BCUT2D eigenvalue weighted by Crippen LogP contribution is -1.98. The van der Waals surface area contributed by atoms with Crippen LogP contribution in [-0.2, 0) is 0 Å². The molecule has 0 N–H and O–H groups in total. The quantitative estimate of drug-likeness (QED) is 0.168. The van der Waals surface area contributed by atoms with Crippen LogP contribution in [-0.4, -0.2) is 23.8 Å². The Morgan fingerprint density at radius 2 is 0.915 bits per heavy atom. The Labute approximate surface area is 339 Å². The Morgan fingerprint density at radius 3 is 1.49 bits per heavy atom. The van der Waals surface area contributed by atoms with Crippen molar-refractivity contribution in [2.45, 2.75) is 27.7 Å². The Kier molecular flexibility index (Phi) is 7.09. The van der Waals surface area contributed by atoms with Crippen molar-refractivity contribution in [3.8, 4) is 33.8 Å². The fraction of sp³-hybridized carbons (Fsp3) is 0.0755. The van der Waals surface area contributed by atoms with Crippen molar-refractivity contribution in [1.82, 2.24) is 23.8 Å². The number of rotatable bonds is 4. The van der Waals surface area contributed by atoms with Gasteiger partial charge in [-0.1, -0.05) is 60.7 Å². The summed E-state index contributed by atoms with van der Waals surface area (Å²) in [6.07, 6.45) is 3.79. The lowest BCUT2D eigenvalue weighted by Gasteiger charge is -2.21. The van der Waals surface area contributed by atoms with Crippen molar-refractivity contribution >= 4 is 76.7 Å². The molecule has 0 aliphatic heterocycles. The number of fused-ring (bicyclic) bond motifs is 16. The van der Waals surface area contributed by atoms with Gasteiger partial charge in [0.2, 0.25) is 0 Å². The van der Waals surface area contributed by atoms with Crippen molar-refractivity contribution in [2.24, 2.45) is 0 Å². The molecular formula is C53H37N5O. The van der Waals surface area contributed by atoms with E-state index in [2.05, 4.69) is 169 Å². The van der Waals surface area contributed by atoms with E-state index in [1.165, 1.54) is 44.5 Å². The molecule has 5 aromatic heterocycles. The molecule has 7 aromatic carbocycles. The van der Waals surface area contributed by atoms with Crippen LogP contribution in [0.5, 0.6) is 11.5 Å². The average Bonchev–Trinajstić information content (AvgIpc) is 3.84. The summed E-state index contributed by atoms with van der Waals surface area (Å²) in [7, 11) is 0. The van der Waals surface area contributed by atoms with E-state index >= 15 is 0 Å². The number of nitrogens with zero attached hydrogens (tertiary/aromatic N) is 5. The van der Waals surface area contributed by atoms with Crippen molar-refractivity contribution in [1.29, 1.82) is 0 Å². The van der Waals surface area contributed by atoms with Gasteiger partial charge in [0.15, 0.2) is 0 Å². The second-order valence-corrected chi connectivity index (χ2v) is 15.9. The van der Waals surface area contributed by atoms with E-state index in [4.69, 9.17) is 14.7 Å². The Hall–Kier alpha value is -7.57. The normalized spacial score (nSPS) is 12.1. The van der Waals surface area contributed by atoms with E-state index < -0.39 is 0 Å². The molecule has 0 fully saturated rings. The maximum Gasteiger partial charge on any atom is 0.146 e. The summed E-state index contributed by atoms with van der Waals surface area (Å²) in [5.41, 5.74) is 18.0. The van der Waals surface area contributed by atoms with Crippen LogP contribution in [0.15, 0.2) is 152 Å². The topological polar surface area (TPSA) is 56.7 Å². The summed E-state index contributed by atoms with van der Waals surface area (Å²) in [5.74, 6) is 1.47. The largest absolute Gasteiger partial charge is 0.457 e. The third-order valence-electron chi connectivity index (χ3n) is 12.3. The molecular weight excluding hydrogens is 723 g/mol. The zero-order chi connectivity index (χ0) is 39.5. The number of ether oxygens (including phenoxy) is 1. The number of hydrogen-bond acceptors (Lipinski definition) is 4. The molecule has 12 rings (SSSR count). The first-order valence-electron chi connectivity index (χ1n) is 20.1. The Balaban J connectivity index is 1.11. The van der Waals surface area contributed by atoms with Gasteiger partial charge < -0.3 is 4.74 Å². The van der Waals surface area contributed by atoms with Gasteiger partial charge in [0, 0.05) is 33.9 Å². The van der Waals surface area contributed by atoms with Crippen LogP contribution in [0.2, 0.25) is 0 Å². The van der Waals surface area contributed by atoms with Crippen LogP contribution in [0.25, 0.3) is 99.0 Å². The van der Waals surface area contributed by atoms with Crippen LogP contribution in [0.3, 0.4) is 0 Å². The highest BCUT2D eigenvalue weighted by Crippen LogP contribution is 2.45. The highest BCUT2D eigenvalue weighted by atomic mass is 16.5. The lowest BCUT2D eigenvalue weighted by atomic mass is 9.85. The van der Waals surface area contributed by atoms with Crippen molar-refractivity contribution in [3.05, 3.63) is 174 Å². The molecule has 0 amide bonds. The summed E-state index contributed by atoms with van der Waals surface area (Å²) in [6, 6.07) is 49.5. The molecule has 0 aliphatic rings. The summed E-state index contributed by atoms with van der Waals surface area (Å²) in [4.78, 5) is 14.9. The summed E-state index contributed by atoms with van der Waals surface area (Å²) >= 11 is 0. The minimum Gasteiger partial charge on any atom is -0.457 e.